The second-order valence-corrected chi connectivity index (χ2v) is 6.38. The molecule has 126 valence electrons. The minimum atomic E-state index is -0.179. The maximum Gasteiger partial charge on any atom is 0.257 e. The van der Waals surface area contributed by atoms with Crippen molar-refractivity contribution in [2.75, 3.05) is 25.6 Å². The Bertz CT molecular complexity index is 770. The van der Waals surface area contributed by atoms with Crippen LogP contribution in [0.1, 0.15) is 38.8 Å². The van der Waals surface area contributed by atoms with E-state index in [0.29, 0.717) is 18.7 Å². The summed E-state index contributed by atoms with van der Waals surface area (Å²) >= 11 is 0. The normalized spacial score (nSPS) is 16.8. The van der Waals surface area contributed by atoms with Crippen molar-refractivity contribution in [1.82, 2.24) is 4.90 Å². The van der Waals surface area contributed by atoms with Crippen molar-refractivity contribution in [1.29, 1.82) is 0 Å². The summed E-state index contributed by atoms with van der Waals surface area (Å²) in [5.41, 5.74) is 6.42. The van der Waals surface area contributed by atoms with Crippen molar-refractivity contribution in [2.24, 2.45) is 0 Å². The number of benzene rings is 2. The van der Waals surface area contributed by atoms with Crippen LogP contribution in [-0.4, -0.2) is 31.1 Å². The molecule has 1 N–H and O–H groups in total. The monoisotopic (exact) mass is 324 g/mol. The number of para-hydroxylation sites is 1. The molecule has 4 nitrogen and oxygen atoms in total. The van der Waals surface area contributed by atoms with Crippen LogP contribution >= 0.6 is 0 Å². The number of amides is 1. The maximum absolute atomic E-state index is 13.0. The summed E-state index contributed by atoms with van der Waals surface area (Å²) in [4.78, 5) is 14.9. The van der Waals surface area contributed by atoms with Crippen LogP contribution in [0.4, 0.5) is 5.69 Å². The molecular formula is C20H24N2O2. The Morgan fingerprint density at radius 3 is 2.54 bits per heavy atom. The predicted octanol–water partition coefficient (Wildman–Crippen LogP) is 3.82. The number of rotatable bonds is 4. The topological polar surface area (TPSA) is 41.6 Å². The van der Waals surface area contributed by atoms with Gasteiger partial charge in [-0.1, -0.05) is 24.3 Å². The van der Waals surface area contributed by atoms with E-state index in [-0.39, 0.29) is 12.1 Å². The number of ether oxygens (including phenoxy) is 1. The zero-order valence-electron chi connectivity index (χ0n) is 14.7. The van der Waals surface area contributed by atoms with Crippen molar-refractivity contribution in [3.05, 3.63) is 64.2 Å². The van der Waals surface area contributed by atoms with Crippen LogP contribution < -0.4 is 5.32 Å². The van der Waals surface area contributed by atoms with Gasteiger partial charge in [0.2, 0.25) is 0 Å². The van der Waals surface area contributed by atoms with Gasteiger partial charge in [-0.15, -0.1) is 0 Å². The lowest BCUT2D eigenvalue weighted by atomic mass is 9.96. The first kappa shape index (κ1) is 16.5. The molecule has 1 amide bonds. The Morgan fingerprint density at radius 2 is 1.79 bits per heavy atom. The van der Waals surface area contributed by atoms with E-state index in [9.17, 15) is 4.79 Å². The van der Waals surface area contributed by atoms with Crippen LogP contribution in [0.2, 0.25) is 0 Å². The lowest BCUT2D eigenvalue weighted by Gasteiger charge is -2.39. The Balaban J connectivity index is 2.07. The first-order chi connectivity index (χ1) is 11.5. The molecule has 0 saturated heterocycles. The van der Waals surface area contributed by atoms with Crippen LogP contribution in [0.15, 0.2) is 36.4 Å². The highest BCUT2D eigenvalue weighted by Crippen LogP contribution is 2.34. The molecule has 24 heavy (non-hydrogen) atoms. The van der Waals surface area contributed by atoms with Gasteiger partial charge in [0.25, 0.3) is 5.91 Å². The SMILES string of the molecule is COCCN1C(=O)c2ccccc2NC1c1cc(C)c(C)cc1C. The number of nitrogens with one attached hydrogen (secondary N) is 1. The molecule has 0 radical (unpaired) electrons. The van der Waals surface area contributed by atoms with Crippen LogP contribution in [0, 0.1) is 20.8 Å². The zero-order valence-corrected chi connectivity index (χ0v) is 14.7. The van der Waals surface area contributed by atoms with Gasteiger partial charge in [0.15, 0.2) is 0 Å². The Kier molecular flexibility index (Phi) is 4.58. The molecule has 0 bridgehead atoms. The number of hydrogen-bond donors (Lipinski definition) is 1. The van der Waals surface area contributed by atoms with Gasteiger partial charge in [0.1, 0.15) is 6.17 Å². The highest BCUT2D eigenvalue weighted by molar-refractivity contribution is 6.01. The molecule has 1 unspecified atom stereocenters. The molecule has 0 spiro atoms. The summed E-state index contributed by atoms with van der Waals surface area (Å²) in [5, 5.41) is 3.54. The Labute approximate surface area is 143 Å². The zero-order chi connectivity index (χ0) is 17.3. The van der Waals surface area contributed by atoms with Crippen molar-refractivity contribution in [3.63, 3.8) is 0 Å². The highest BCUT2D eigenvalue weighted by Gasteiger charge is 2.33. The Hall–Kier alpha value is -2.33. The van der Waals surface area contributed by atoms with E-state index >= 15 is 0 Å². The molecule has 1 aliphatic rings. The van der Waals surface area contributed by atoms with Gasteiger partial charge in [-0.2, -0.15) is 0 Å². The standard InChI is InChI=1S/C20H24N2O2/c1-13-11-15(3)17(12-14(13)2)19-21-18-8-6-5-7-16(18)20(23)22(19)9-10-24-4/h5-8,11-12,19,21H,9-10H2,1-4H3. The van der Waals surface area contributed by atoms with E-state index in [4.69, 9.17) is 4.74 Å². The quantitative estimate of drug-likeness (QED) is 0.929. The molecule has 0 aromatic heterocycles. The molecule has 1 atom stereocenters. The molecule has 2 aromatic rings. The molecule has 0 saturated carbocycles. The van der Waals surface area contributed by atoms with Crippen LogP contribution in [0.25, 0.3) is 0 Å². The minimum absolute atomic E-state index is 0.0454. The fourth-order valence-corrected chi connectivity index (χ4v) is 3.24. The highest BCUT2D eigenvalue weighted by atomic mass is 16.5. The summed E-state index contributed by atoms with van der Waals surface area (Å²) in [7, 11) is 1.66. The van der Waals surface area contributed by atoms with Crippen molar-refractivity contribution >= 4 is 11.6 Å². The summed E-state index contributed by atoms with van der Waals surface area (Å²) in [6.07, 6.45) is -0.179. The third-order valence-electron chi connectivity index (χ3n) is 4.74. The van der Waals surface area contributed by atoms with E-state index in [0.717, 1.165) is 11.3 Å². The fraction of sp³-hybridized carbons (Fsp3) is 0.350. The second kappa shape index (κ2) is 6.65. The summed E-state index contributed by atoms with van der Waals surface area (Å²) in [6.45, 7) is 7.38. The van der Waals surface area contributed by atoms with Crippen molar-refractivity contribution in [2.45, 2.75) is 26.9 Å². The van der Waals surface area contributed by atoms with Crippen LogP contribution in [0.5, 0.6) is 0 Å². The largest absolute Gasteiger partial charge is 0.383 e. The minimum Gasteiger partial charge on any atom is -0.383 e. The summed E-state index contributed by atoms with van der Waals surface area (Å²) in [6, 6.07) is 12.1. The molecule has 4 heteroatoms. The number of nitrogens with zero attached hydrogens (tertiary/aromatic N) is 1. The predicted molar refractivity (Wildman–Crippen MR) is 96.4 cm³/mol. The first-order valence-electron chi connectivity index (χ1n) is 8.26. The molecule has 0 aliphatic carbocycles. The van der Waals surface area contributed by atoms with Gasteiger partial charge < -0.3 is 15.0 Å². The van der Waals surface area contributed by atoms with Gasteiger partial charge in [-0.25, -0.2) is 0 Å². The van der Waals surface area contributed by atoms with E-state index in [2.05, 4.69) is 38.2 Å². The average Bonchev–Trinajstić information content (AvgIpc) is 2.57. The van der Waals surface area contributed by atoms with E-state index in [1.54, 1.807) is 7.11 Å². The average molecular weight is 324 g/mol. The smallest absolute Gasteiger partial charge is 0.257 e. The summed E-state index contributed by atoms with van der Waals surface area (Å²) < 4.78 is 5.22. The number of carbonyl (C=O) groups excluding carboxylic acids is 1. The van der Waals surface area contributed by atoms with E-state index in [1.807, 2.05) is 29.2 Å². The molecule has 0 fully saturated rings. The number of fused-ring (bicyclic) bond motifs is 1. The van der Waals surface area contributed by atoms with Gasteiger partial charge >= 0.3 is 0 Å². The molecule has 3 rings (SSSR count). The Morgan fingerprint density at radius 1 is 1.08 bits per heavy atom. The third-order valence-corrected chi connectivity index (χ3v) is 4.74. The van der Waals surface area contributed by atoms with E-state index < -0.39 is 0 Å². The fourth-order valence-electron chi connectivity index (χ4n) is 3.24. The molecule has 1 aliphatic heterocycles. The molecule has 2 aromatic carbocycles. The lowest BCUT2D eigenvalue weighted by Crippen LogP contribution is -2.44. The van der Waals surface area contributed by atoms with Gasteiger partial charge in [0, 0.05) is 19.3 Å². The third kappa shape index (κ3) is 2.89. The van der Waals surface area contributed by atoms with Gasteiger partial charge in [0.05, 0.1) is 12.2 Å². The van der Waals surface area contributed by atoms with Crippen LogP contribution in [-0.2, 0) is 4.74 Å². The number of hydrogen-bond acceptors (Lipinski definition) is 3. The maximum atomic E-state index is 13.0. The van der Waals surface area contributed by atoms with Crippen molar-refractivity contribution in [3.8, 4) is 0 Å². The first-order valence-corrected chi connectivity index (χ1v) is 8.26. The number of carbonyl (C=O) groups is 1. The second-order valence-electron chi connectivity index (χ2n) is 6.38. The number of aryl methyl sites for hydroxylation is 3. The van der Waals surface area contributed by atoms with Crippen LogP contribution in [0.3, 0.4) is 0 Å². The number of methoxy groups -OCH3 is 1. The van der Waals surface area contributed by atoms with Gasteiger partial charge in [-0.05, 0) is 55.2 Å². The van der Waals surface area contributed by atoms with Crippen molar-refractivity contribution < 1.29 is 9.53 Å². The number of anilines is 1. The van der Waals surface area contributed by atoms with Gasteiger partial charge in [-0.3, -0.25) is 4.79 Å². The lowest BCUT2D eigenvalue weighted by molar-refractivity contribution is 0.0609. The molecule has 1 heterocycles. The summed E-state index contributed by atoms with van der Waals surface area (Å²) in [5.74, 6) is 0.0454. The van der Waals surface area contributed by atoms with E-state index in [1.165, 1.54) is 16.7 Å². The molecular weight excluding hydrogens is 300 g/mol.